The van der Waals surface area contributed by atoms with Gasteiger partial charge in [-0.15, -0.1) is 0 Å². The Bertz CT molecular complexity index is 1100. The Hall–Kier alpha value is -2.64. The normalized spacial score (nSPS) is 15.2. The summed E-state index contributed by atoms with van der Waals surface area (Å²) in [5.74, 6) is -0.228. The number of hydrogen-bond donors (Lipinski definition) is 0. The van der Waals surface area contributed by atoms with Crippen molar-refractivity contribution in [3.63, 3.8) is 0 Å². The molecule has 0 spiro atoms. The number of carbonyl (C=O) groups excluding carboxylic acids is 1. The maximum Gasteiger partial charge on any atom is 0.328 e. The van der Waals surface area contributed by atoms with Gasteiger partial charge in [-0.3, -0.25) is 4.79 Å². The van der Waals surface area contributed by atoms with Crippen molar-refractivity contribution in [2.24, 2.45) is 0 Å². The second-order valence-electron chi connectivity index (χ2n) is 6.58. The minimum Gasteiger partial charge on any atom is -0.458 e. The third-order valence-corrected chi connectivity index (χ3v) is 7.43. The van der Waals surface area contributed by atoms with Crippen LogP contribution in [0.4, 0.5) is 0 Å². The topological polar surface area (TPSA) is 86.5 Å². The summed E-state index contributed by atoms with van der Waals surface area (Å²) in [6.45, 7) is -0.160. The zero-order valence-corrected chi connectivity index (χ0v) is 16.2. The summed E-state index contributed by atoms with van der Waals surface area (Å²) in [5, 5.41) is 4.30. The van der Waals surface area contributed by atoms with Crippen molar-refractivity contribution in [2.75, 3.05) is 0 Å². The van der Waals surface area contributed by atoms with Gasteiger partial charge in [0.1, 0.15) is 12.3 Å². The number of benzene rings is 2. The Morgan fingerprint density at radius 3 is 2.43 bits per heavy atom. The first-order chi connectivity index (χ1) is 13.4. The highest BCUT2D eigenvalue weighted by atomic mass is 35.5. The van der Waals surface area contributed by atoms with Crippen molar-refractivity contribution in [1.29, 1.82) is 0 Å². The smallest absolute Gasteiger partial charge is 0.328 e. The fraction of sp³-hybridized carbons (Fsp3) is 0.200. The average molecular weight is 418 g/mol. The van der Waals surface area contributed by atoms with Gasteiger partial charge in [-0.1, -0.05) is 47.1 Å². The summed E-state index contributed by atoms with van der Waals surface area (Å²) >= 11 is 5.82. The molecule has 1 aromatic heterocycles. The summed E-state index contributed by atoms with van der Waals surface area (Å²) in [6, 6.07) is 16.8. The third-order valence-electron chi connectivity index (χ3n) is 4.68. The van der Waals surface area contributed by atoms with Gasteiger partial charge in [0.05, 0.1) is 4.90 Å². The van der Waals surface area contributed by atoms with Crippen LogP contribution < -0.4 is 0 Å². The van der Waals surface area contributed by atoms with E-state index in [0.29, 0.717) is 16.5 Å². The molecule has 8 heteroatoms. The molecular weight excluding hydrogens is 402 g/mol. The van der Waals surface area contributed by atoms with E-state index in [1.165, 1.54) is 24.3 Å². The maximum atomic E-state index is 12.9. The summed E-state index contributed by atoms with van der Waals surface area (Å²) < 4.78 is 34.8. The molecule has 0 saturated heterocycles. The molecule has 0 N–H and O–H groups in total. The first-order valence-electron chi connectivity index (χ1n) is 8.61. The molecule has 4 rings (SSSR count). The quantitative estimate of drug-likeness (QED) is 0.562. The molecule has 1 aliphatic carbocycles. The highest BCUT2D eigenvalue weighted by molar-refractivity contribution is 7.94. The van der Waals surface area contributed by atoms with Crippen LogP contribution in [-0.2, 0) is 26.0 Å². The number of esters is 1. The number of nitrogens with zero attached hydrogens (tertiary/aromatic N) is 1. The van der Waals surface area contributed by atoms with Crippen molar-refractivity contribution in [3.8, 4) is 11.3 Å². The molecule has 0 radical (unpaired) electrons. The van der Waals surface area contributed by atoms with Gasteiger partial charge in [-0.25, -0.2) is 8.42 Å². The fourth-order valence-electron chi connectivity index (χ4n) is 2.92. The Morgan fingerprint density at radius 2 is 1.79 bits per heavy atom. The van der Waals surface area contributed by atoms with Crippen LogP contribution in [0.2, 0.25) is 5.02 Å². The highest BCUT2D eigenvalue weighted by Gasteiger charge is 2.62. The van der Waals surface area contributed by atoms with Crippen LogP contribution in [0.1, 0.15) is 18.5 Å². The lowest BCUT2D eigenvalue weighted by Crippen LogP contribution is -2.34. The zero-order chi connectivity index (χ0) is 19.8. The molecule has 1 heterocycles. The van der Waals surface area contributed by atoms with E-state index in [9.17, 15) is 13.2 Å². The van der Waals surface area contributed by atoms with Gasteiger partial charge in [0.15, 0.2) is 20.3 Å². The minimum absolute atomic E-state index is 0.0548. The van der Waals surface area contributed by atoms with Gasteiger partial charge < -0.3 is 9.26 Å². The van der Waals surface area contributed by atoms with Crippen LogP contribution in [-0.4, -0.2) is 24.3 Å². The predicted octanol–water partition coefficient (Wildman–Crippen LogP) is 4.04. The Labute approximate surface area is 167 Å². The largest absolute Gasteiger partial charge is 0.458 e. The molecule has 0 unspecified atom stereocenters. The number of ether oxygens (including phenoxy) is 1. The first kappa shape index (κ1) is 18.7. The lowest BCUT2D eigenvalue weighted by atomic mass is 10.2. The summed E-state index contributed by atoms with van der Waals surface area (Å²) in [6.07, 6.45) is 0.454. The Morgan fingerprint density at radius 1 is 1.11 bits per heavy atom. The molecule has 0 aliphatic heterocycles. The SMILES string of the molecule is O=C(OCc1cc(-c2ccccc2)on1)C1(S(=O)(=O)c2ccc(Cl)cc2)CC1. The van der Waals surface area contributed by atoms with E-state index in [4.69, 9.17) is 20.9 Å². The molecule has 0 atom stereocenters. The number of sulfone groups is 1. The van der Waals surface area contributed by atoms with Crippen LogP contribution in [0.15, 0.2) is 70.1 Å². The van der Waals surface area contributed by atoms with E-state index in [1.807, 2.05) is 30.3 Å². The summed E-state index contributed by atoms with van der Waals surface area (Å²) in [4.78, 5) is 12.6. The number of halogens is 1. The van der Waals surface area contributed by atoms with Crippen molar-refractivity contribution in [1.82, 2.24) is 5.16 Å². The lowest BCUT2D eigenvalue weighted by Gasteiger charge is -2.15. The molecule has 6 nitrogen and oxygen atoms in total. The fourth-order valence-corrected chi connectivity index (χ4v) is 4.91. The predicted molar refractivity (Wildman–Crippen MR) is 102 cm³/mol. The van der Waals surface area contributed by atoms with Gasteiger partial charge in [-0.2, -0.15) is 0 Å². The summed E-state index contributed by atoms with van der Waals surface area (Å²) in [7, 11) is -3.86. The average Bonchev–Trinajstić information content (AvgIpc) is 3.40. The van der Waals surface area contributed by atoms with Crippen molar-refractivity contribution in [3.05, 3.63) is 71.4 Å². The second-order valence-corrected chi connectivity index (χ2v) is 9.27. The van der Waals surface area contributed by atoms with Crippen LogP contribution in [0.5, 0.6) is 0 Å². The molecule has 1 fully saturated rings. The monoisotopic (exact) mass is 417 g/mol. The molecule has 0 amide bonds. The van der Waals surface area contributed by atoms with Crippen LogP contribution in [0.25, 0.3) is 11.3 Å². The van der Waals surface area contributed by atoms with Gasteiger partial charge in [0.2, 0.25) is 0 Å². The molecule has 2 aromatic carbocycles. The number of rotatable bonds is 6. The van der Waals surface area contributed by atoms with Gasteiger partial charge in [0, 0.05) is 16.7 Å². The number of carbonyl (C=O) groups is 1. The van der Waals surface area contributed by atoms with Gasteiger partial charge in [0.25, 0.3) is 0 Å². The number of hydrogen-bond acceptors (Lipinski definition) is 6. The summed E-state index contributed by atoms with van der Waals surface area (Å²) in [5.41, 5.74) is 1.25. The van der Waals surface area contributed by atoms with Crippen molar-refractivity contribution in [2.45, 2.75) is 29.1 Å². The van der Waals surface area contributed by atoms with E-state index in [1.54, 1.807) is 6.07 Å². The Balaban J connectivity index is 1.47. The van der Waals surface area contributed by atoms with E-state index < -0.39 is 20.6 Å². The van der Waals surface area contributed by atoms with E-state index in [2.05, 4.69) is 5.16 Å². The van der Waals surface area contributed by atoms with Crippen LogP contribution >= 0.6 is 11.6 Å². The van der Waals surface area contributed by atoms with Crippen LogP contribution in [0.3, 0.4) is 0 Å². The first-order valence-corrected chi connectivity index (χ1v) is 10.5. The molecule has 1 saturated carbocycles. The van der Waals surface area contributed by atoms with E-state index >= 15 is 0 Å². The third kappa shape index (κ3) is 3.31. The molecule has 144 valence electrons. The van der Waals surface area contributed by atoms with Crippen molar-refractivity contribution >= 4 is 27.4 Å². The Kier molecular flexibility index (Phi) is 4.72. The molecule has 0 bridgehead atoms. The van der Waals surface area contributed by atoms with Gasteiger partial charge >= 0.3 is 5.97 Å². The van der Waals surface area contributed by atoms with E-state index in [-0.39, 0.29) is 24.3 Å². The highest BCUT2D eigenvalue weighted by Crippen LogP contribution is 2.48. The van der Waals surface area contributed by atoms with Crippen molar-refractivity contribution < 1.29 is 22.5 Å². The minimum atomic E-state index is -3.86. The standard InChI is InChI=1S/C20H16ClNO5S/c21-15-6-8-17(9-7-15)28(24,25)20(10-11-20)19(23)26-13-16-12-18(27-22-16)14-4-2-1-3-5-14/h1-9,12H,10-11,13H2. The molecular formula is C20H16ClNO5S. The molecule has 1 aliphatic rings. The molecule has 28 heavy (non-hydrogen) atoms. The second kappa shape index (κ2) is 7.07. The molecule has 3 aromatic rings. The zero-order valence-electron chi connectivity index (χ0n) is 14.7. The van der Waals surface area contributed by atoms with Gasteiger partial charge in [-0.05, 0) is 37.1 Å². The lowest BCUT2D eigenvalue weighted by molar-refractivity contribution is -0.145. The number of aromatic nitrogens is 1. The van der Waals surface area contributed by atoms with E-state index in [0.717, 1.165) is 5.56 Å². The van der Waals surface area contributed by atoms with Crippen LogP contribution in [0, 0.1) is 0 Å². The maximum absolute atomic E-state index is 12.9.